The lowest BCUT2D eigenvalue weighted by atomic mass is 10.2. The van der Waals surface area contributed by atoms with E-state index in [2.05, 4.69) is 27.4 Å². The van der Waals surface area contributed by atoms with Crippen LogP contribution < -0.4 is 5.32 Å². The Balaban J connectivity index is 1.93. The van der Waals surface area contributed by atoms with Gasteiger partial charge in [0.1, 0.15) is 17.6 Å². The number of rotatable bonds is 0. The van der Waals surface area contributed by atoms with Gasteiger partial charge in [-0.05, 0) is 12.5 Å². The van der Waals surface area contributed by atoms with Crippen LogP contribution in [0.15, 0.2) is 23.8 Å². The zero-order valence-corrected chi connectivity index (χ0v) is 7.90. The van der Waals surface area contributed by atoms with Gasteiger partial charge in [0.05, 0.1) is 6.04 Å². The Morgan fingerprint density at radius 2 is 2.50 bits per heavy atom. The van der Waals surface area contributed by atoms with E-state index in [1.807, 2.05) is 6.08 Å². The summed E-state index contributed by atoms with van der Waals surface area (Å²) in [6.07, 6.45) is 5.11. The van der Waals surface area contributed by atoms with Gasteiger partial charge in [0.25, 0.3) is 0 Å². The number of nitrogens with one attached hydrogen (secondary N) is 1. The molecule has 4 nitrogen and oxygen atoms in total. The maximum Gasteiger partial charge on any atom is 0.118 e. The number of hydrogen-bond donors (Lipinski definition) is 1. The summed E-state index contributed by atoms with van der Waals surface area (Å²) in [6, 6.07) is 2.72. The Kier molecular flexibility index (Phi) is 1.48. The molecule has 0 aromatic rings. The van der Waals surface area contributed by atoms with Crippen LogP contribution in [-0.2, 0) is 0 Å². The quantitative estimate of drug-likeness (QED) is 0.589. The van der Waals surface area contributed by atoms with Crippen molar-refractivity contribution >= 4 is 0 Å². The van der Waals surface area contributed by atoms with Crippen LogP contribution in [0.3, 0.4) is 0 Å². The van der Waals surface area contributed by atoms with Gasteiger partial charge in [-0.3, -0.25) is 0 Å². The van der Waals surface area contributed by atoms with Crippen molar-refractivity contribution in [3.05, 3.63) is 23.8 Å². The minimum absolute atomic E-state index is 0.480. The number of allylic oxidation sites excluding steroid dienone is 1. The Morgan fingerprint density at radius 3 is 3.36 bits per heavy atom. The minimum atomic E-state index is 0.480. The van der Waals surface area contributed by atoms with Gasteiger partial charge in [-0.2, -0.15) is 5.26 Å². The van der Waals surface area contributed by atoms with Crippen molar-refractivity contribution < 1.29 is 0 Å². The average molecular weight is 188 g/mol. The van der Waals surface area contributed by atoms with Gasteiger partial charge in [0.15, 0.2) is 0 Å². The van der Waals surface area contributed by atoms with Crippen molar-refractivity contribution in [2.24, 2.45) is 0 Å². The zero-order chi connectivity index (χ0) is 9.54. The molecule has 0 saturated carbocycles. The number of hydrogen-bond acceptors (Lipinski definition) is 4. The summed E-state index contributed by atoms with van der Waals surface area (Å²) in [4.78, 5) is 4.46. The fourth-order valence-corrected chi connectivity index (χ4v) is 2.36. The van der Waals surface area contributed by atoms with Crippen LogP contribution in [0.1, 0.15) is 6.42 Å². The molecule has 0 amide bonds. The molecule has 1 unspecified atom stereocenters. The first-order chi connectivity index (χ1) is 6.88. The maximum absolute atomic E-state index is 8.92. The van der Waals surface area contributed by atoms with E-state index in [0.717, 1.165) is 31.8 Å². The Hall–Kier alpha value is -1.63. The molecule has 3 aliphatic rings. The Labute approximate surface area is 83.1 Å². The molecule has 0 spiro atoms. The molecule has 72 valence electrons. The number of fused-ring (bicyclic) bond motifs is 2. The van der Waals surface area contributed by atoms with Gasteiger partial charge in [0.2, 0.25) is 0 Å². The van der Waals surface area contributed by atoms with Gasteiger partial charge < -0.3 is 15.1 Å². The van der Waals surface area contributed by atoms with Crippen molar-refractivity contribution in [1.29, 1.82) is 5.26 Å². The smallest absolute Gasteiger partial charge is 0.118 e. The maximum atomic E-state index is 8.92. The molecule has 1 atom stereocenters. The monoisotopic (exact) mass is 188 g/mol. The van der Waals surface area contributed by atoms with Crippen LogP contribution in [-0.4, -0.2) is 35.5 Å². The van der Waals surface area contributed by atoms with Gasteiger partial charge in [-0.25, -0.2) is 0 Å². The van der Waals surface area contributed by atoms with Crippen molar-refractivity contribution in [1.82, 2.24) is 15.1 Å². The molecule has 0 radical (unpaired) electrons. The van der Waals surface area contributed by atoms with E-state index >= 15 is 0 Å². The third-order valence-electron chi connectivity index (χ3n) is 3.09. The van der Waals surface area contributed by atoms with Crippen LogP contribution in [0.2, 0.25) is 0 Å². The summed E-state index contributed by atoms with van der Waals surface area (Å²) in [5.41, 5.74) is 0.802. The summed E-state index contributed by atoms with van der Waals surface area (Å²) < 4.78 is 0. The van der Waals surface area contributed by atoms with Crippen molar-refractivity contribution in [2.75, 3.05) is 19.6 Å². The molecule has 3 aliphatic heterocycles. The van der Waals surface area contributed by atoms with Crippen LogP contribution >= 0.6 is 0 Å². The van der Waals surface area contributed by atoms with E-state index < -0.39 is 0 Å². The largest absolute Gasteiger partial charge is 0.369 e. The molecule has 3 rings (SSSR count). The molecule has 14 heavy (non-hydrogen) atoms. The van der Waals surface area contributed by atoms with Crippen molar-refractivity contribution in [3.8, 4) is 6.07 Å². The lowest BCUT2D eigenvalue weighted by Crippen LogP contribution is -2.42. The van der Waals surface area contributed by atoms with E-state index in [4.69, 9.17) is 5.26 Å². The first kappa shape index (κ1) is 7.74. The summed E-state index contributed by atoms with van der Waals surface area (Å²) in [6.45, 7) is 3.16. The van der Waals surface area contributed by atoms with Crippen LogP contribution in [0.5, 0.6) is 0 Å². The average Bonchev–Trinajstić information content (AvgIpc) is 2.78. The Bertz CT molecular complexity index is 363. The van der Waals surface area contributed by atoms with Crippen molar-refractivity contribution in [3.63, 3.8) is 0 Å². The molecule has 1 saturated heterocycles. The second kappa shape index (κ2) is 2.68. The molecule has 0 aliphatic carbocycles. The predicted octanol–water partition coefficient (Wildman–Crippen LogP) is 0.186. The van der Waals surface area contributed by atoms with E-state index in [-0.39, 0.29) is 0 Å². The normalized spacial score (nSPS) is 28.6. The molecule has 3 heterocycles. The molecule has 0 bridgehead atoms. The fraction of sp³-hybridized carbons (Fsp3) is 0.500. The van der Waals surface area contributed by atoms with Crippen LogP contribution in [0, 0.1) is 11.3 Å². The van der Waals surface area contributed by atoms with Gasteiger partial charge >= 0.3 is 0 Å². The van der Waals surface area contributed by atoms with Gasteiger partial charge in [-0.1, -0.05) is 0 Å². The molecular weight excluding hydrogens is 176 g/mol. The van der Waals surface area contributed by atoms with E-state index in [0.29, 0.717) is 6.04 Å². The third-order valence-corrected chi connectivity index (χ3v) is 3.09. The molecular formula is C10H12N4. The first-order valence-electron chi connectivity index (χ1n) is 4.98. The summed E-state index contributed by atoms with van der Waals surface area (Å²) >= 11 is 0. The molecule has 0 aromatic heterocycles. The lowest BCUT2D eigenvalue weighted by Gasteiger charge is -2.34. The summed E-state index contributed by atoms with van der Waals surface area (Å²) in [7, 11) is 0. The zero-order valence-electron chi connectivity index (χ0n) is 7.90. The van der Waals surface area contributed by atoms with Gasteiger partial charge in [-0.15, -0.1) is 0 Å². The predicted molar refractivity (Wildman–Crippen MR) is 51.6 cm³/mol. The standard InChI is InChI=1S/C10H12N4/c11-5-8-1-2-9-6-13-4-3-12-10(13)7-14(8)9/h1,7,9,12H,2-4,6H2. The summed E-state index contributed by atoms with van der Waals surface area (Å²) in [5.74, 6) is 1.17. The lowest BCUT2D eigenvalue weighted by molar-refractivity contribution is 0.237. The summed E-state index contributed by atoms with van der Waals surface area (Å²) in [5, 5.41) is 12.2. The molecule has 1 N–H and O–H groups in total. The highest BCUT2D eigenvalue weighted by Gasteiger charge is 2.33. The molecule has 4 heteroatoms. The second-order valence-corrected chi connectivity index (χ2v) is 3.89. The van der Waals surface area contributed by atoms with E-state index in [9.17, 15) is 0 Å². The number of nitriles is 1. The SMILES string of the molecule is N#CC1=CCC2CN3CCNC3=CN12. The highest BCUT2D eigenvalue weighted by molar-refractivity contribution is 5.30. The fourth-order valence-electron chi connectivity index (χ4n) is 2.36. The topological polar surface area (TPSA) is 42.3 Å². The highest BCUT2D eigenvalue weighted by atomic mass is 15.4. The van der Waals surface area contributed by atoms with Gasteiger partial charge in [0, 0.05) is 25.8 Å². The van der Waals surface area contributed by atoms with E-state index in [1.54, 1.807) is 0 Å². The van der Waals surface area contributed by atoms with Crippen molar-refractivity contribution in [2.45, 2.75) is 12.5 Å². The third kappa shape index (κ3) is 0.925. The van der Waals surface area contributed by atoms with Crippen LogP contribution in [0.4, 0.5) is 0 Å². The van der Waals surface area contributed by atoms with Crippen LogP contribution in [0.25, 0.3) is 0 Å². The second-order valence-electron chi connectivity index (χ2n) is 3.89. The molecule has 1 fully saturated rings. The minimum Gasteiger partial charge on any atom is -0.369 e. The molecule has 0 aromatic carbocycles. The number of nitrogens with zero attached hydrogens (tertiary/aromatic N) is 3. The van der Waals surface area contributed by atoms with E-state index in [1.165, 1.54) is 5.82 Å². The highest BCUT2D eigenvalue weighted by Crippen LogP contribution is 2.28. The first-order valence-corrected chi connectivity index (χ1v) is 4.98. The Morgan fingerprint density at radius 1 is 1.57 bits per heavy atom.